The van der Waals surface area contributed by atoms with Crippen LogP contribution in [0.1, 0.15) is 50.3 Å². The second-order valence-electron chi connectivity index (χ2n) is 5.93. The first-order valence-corrected chi connectivity index (χ1v) is 7.71. The fourth-order valence-corrected chi connectivity index (χ4v) is 1.96. The minimum atomic E-state index is -0.153. The number of benzene rings is 1. The van der Waals surface area contributed by atoms with Gasteiger partial charge in [0, 0.05) is 5.56 Å². The lowest BCUT2D eigenvalue weighted by atomic mass is 9.96. The van der Waals surface area contributed by atoms with Crippen molar-refractivity contribution >= 4 is 5.57 Å². The van der Waals surface area contributed by atoms with Crippen LogP contribution in [0.5, 0.6) is 0 Å². The zero-order chi connectivity index (χ0) is 16.0. The van der Waals surface area contributed by atoms with Gasteiger partial charge >= 0.3 is 0 Å². The molecule has 0 aliphatic rings. The summed E-state index contributed by atoms with van der Waals surface area (Å²) >= 11 is 0. The van der Waals surface area contributed by atoms with E-state index in [9.17, 15) is 4.39 Å². The van der Waals surface area contributed by atoms with Gasteiger partial charge in [-0.1, -0.05) is 57.6 Å². The second kappa shape index (κ2) is 7.97. The summed E-state index contributed by atoms with van der Waals surface area (Å²) in [5.74, 6) is 0.249. The van der Waals surface area contributed by atoms with E-state index in [0.29, 0.717) is 11.5 Å². The van der Waals surface area contributed by atoms with Crippen molar-refractivity contribution < 1.29 is 4.39 Å². The lowest BCUT2D eigenvalue weighted by molar-refractivity contribution is 0.622. The van der Waals surface area contributed by atoms with E-state index in [0.717, 1.165) is 35.1 Å². The monoisotopic (exact) mass is 286 g/mol. The van der Waals surface area contributed by atoms with Crippen LogP contribution in [0.25, 0.3) is 5.57 Å². The van der Waals surface area contributed by atoms with Crippen molar-refractivity contribution in [2.45, 2.75) is 47.5 Å². The molecule has 0 spiro atoms. The second-order valence-corrected chi connectivity index (χ2v) is 5.93. The molecule has 1 aromatic rings. The number of hydrogen-bond donors (Lipinski definition) is 0. The quantitative estimate of drug-likeness (QED) is 0.531. The van der Waals surface area contributed by atoms with Gasteiger partial charge in [0.05, 0.1) is 0 Å². The fraction of sp³-hybridized carbons (Fsp3) is 0.400. The Morgan fingerprint density at radius 3 is 2.38 bits per heavy atom. The van der Waals surface area contributed by atoms with Gasteiger partial charge in [-0.2, -0.15) is 0 Å². The normalized spacial score (nSPS) is 12.4. The molecule has 0 atom stereocenters. The molecule has 1 aromatic carbocycles. The van der Waals surface area contributed by atoms with Crippen LogP contribution in [-0.4, -0.2) is 0 Å². The summed E-state index contributed by atoms with van der Waals surface area (Å²) in [6, 6.07) is 3.56. The Labute approximate surface area is 129 Å². The van der Waals surface area contributed by atoms with Crippen LogP contribution in [0.2, 0.25) is 0 Å². The maximum Gasteiger partial charge on any atom is 0.131 e. The van der Waals surface area contributed by atoms with Crippen molar-refractivity contribution in [3.05, 3.63) is 65.0 Å². The minimum absolute atomic E-state index is 0.153. The molecule has 0 radical (unpaired) electrons. The van der Waals surface area contributed by atoms with Crippen LogP contribution < -0.4 is 0 Å². The van der Waals surface area contributed by atoms with Crippen LogP contribution in [0, 0.1) is 25.6 Å². The van der Waals surface area contributed by atoms with E-state index in [1.807, 2.05) is 32.1 Å². The molecule has 0 bridgehead atoms. The molecular formula is C20H27F. The third-order valence-corrected chi connectivity index (χ3v) is 3.77. The van der Waals surface area contributed by atoms with Crippen molar-refractivity contribution in [2.75, 3.05) is 0 Å². The topological polar surface area (TPSA) is 0 Å². The predicted molar refractivity (Wildman–Crippen MR) is 91.9 cm³/mol. The summed E-state index contributed by atoms with van der Waals surface area (Å²) in [5, 5.41) is 0. The molecule has 114 valence electrons. The Kier molecular flexibility index (Phi) is 6.61. The Balaban J connectivity index is 3.21. The van der Waals surface area contributed by atoms with Crippen LogP contribution in [-0.2, 0) is 0 Å². The lowest BCUT2D eigenvalue weighted by Crippen LogP contribution is -1.94. The van der Waals surface area contributed by atoms with Crippen LogP contribution >= 0.6 is 0 Å². The molecule has 0 aliphatic carbocycles. The maximum atomic E-state index is 14.3. The average molecular weight is 286 g/mol. The van der Waals surface area contributed by atoms with Gasteiger partial charge in [-0.3, -0.25) is 0 Å². The van der Waals surface area contributed by atoms with Gasteiger partial charge in [0.15, 0.2) is 0 Å². The zero-order valence-corrected chi connectivity index (χ0v) is 14.0. The Hall–Kier alpha value is -1.63. The van der Waals surface area contributed by atoms with Crippen molar-refractivity contribution in [2.24, 2.45) is 5.92 Å². The summed E-state index contributed by atoms with van der Waals surface area (Å²) in [4.78, 5) is 0. The maximum absolute atomic E-state index is 14.3. The van der Waals surface area contributed by atoms with E-state index < -0.39 is 0 Å². The molecule has 0 aromatic heterocycles. The third kappa shape index (κ3) is 5.00. The molecule has 0 N–H and O–H groups in total. The first kappa shape index (κ1) is 17.4. The molecule has 0 fully saturated rings. The summed E-state index contributed by atoms with van der Waals surface area (Å²) in [6.45, 7) is 14.4. The minimum Gasteiger partial charge on any atom is -0.206 e. The van der Waals surface area contributed by atoms with Crippen LogP contribution in [0.3, 0.4) is 0 Å². The van der Waals surface area contributed by atoms with E-state index in [1.165, 1.54) is 0 Å². The summed E-state index contributed by atoms with van der Waals surface area (Å²) in [5.41, 5.74) is 4.78. The van der Waals surface area contributed by atoms with Crippen LogP contribution in [0.15, 0.2) is 42.5 Å². The molecule has 0 saturated carbocycles. The molecule has 0 nitrogen and oxygen atoms in total. The van der Waals surface area contributed by atoms with Crippen molar-refractivity contribution in [3.63, 3.8) is 0 Å². The molecule has 0 saturated heterocycles. The molecule has 0 unspecified atom stereocenters. The van der Waals surface area contributed by atoms with E-state index in [2.05, 4.69) is 33.4 Å². The molecule has 1 heteroatoms. The fourth-order valence-electron chi connectivity index (χ4n) is 1.96. The highest BCUT2D eigenvalue weighted by atomic mass is 19.1. The van der Waals surface area contributed by atoms with Gasteiger partial charge in [0.1, 0.15) is 5.82 Å². The molecule has 0 aliphatic heterocycles. The highest BCUT2D eigenvalue weighted by molar-refractivity contribution is 5.75. The predicted octanol–water partition coefficient (Wildman–Crippen LogP) is 6.39. The number of halogens is 1. The lowest BCUT2D eigenvalue weighted by Gasteiger charge is -2.10. The Bertz CT molecular complexity index is 559. The highest BCUT2D eigenvalue weighted by Gasteiger charge is 2.08. The number of rotatable bonds is 6. The smallest absolute Gasteiger partial charge is 0.131 e. The van der Waals surface area contributed by atoms with Gasteiger partial charge in [-0.05, 0) is 55.0 Å². The van der Waals surface area contributed by atoms with E-state index >= 15 is 0 Å². The van der Waals surface area contributed by atoms with E-state index in [4.69, 9.17) is 0 Å². The SMILES string of the molecule is C=C(/C=C\C(=C/CCC)c1cc(C)c(C)cc1F)C(C)C. The van der Waals surface area contributed by atoms with Gasteiger partial charge in [-0.15, -0.1) is 0 Å². The average Bonchev–Trinajstić information content (AvgIpc) is 2.43. The Morgan fingerprint density at radius 2 is 1.81 bits per heavy atom. The van der Waals surface area contributed by atoms with Crippen LogP contribution in [0.4, 0.5) is 4.39 Å². The van der Waals surface area contributed by atoms with Gasteiger partial charge in [-0.25, -0.2) is 4.39 Å². The first-order valence-electron chi connectivity index (χ1n) is 7.71. The number of hydrogen-bond acceptors (Lipinski definition) is 0. The number of allylic oxidation sites excluding steroid dienone is 5. The van der Waals surface area contributed by atoms with E-state index in [-0.39, 0.29) is 5.82 Å². The van der Waals surface area contributed by atoms with Crippen molar-refractivity contribution in [1.29, 1.82) is 0 Å². The number of aryl methyl sites for hydroxylation is 2. The van der Waals surface area contributed by atoms with E-state index in [1.54, 1.807) is 6.07 Å². The zero-order valence-electron chi connectivity index (χ0n) is 14.0. The standard InChI is InChI=1S/C20H27F/c1-7-8-9-18(11-10-15(4)14(2)3)19-12-16(5)17(6)13-20(19)21/h9-14H,4,7-8H2,1-3,5-6H3/b11-10-,18-9+. The summed E-state index contributed by atoms with van der Waals surface area (Å²) < 4.78 is 14.3. The van der Waals surface area contributed by atoms with Crippen molar-refractivity contribution in [3.8, 4) is 0 Å². The summed E-state index contributed by atoms with van der Waals surface area (Å²) in [7, 11) is 0. The van der Waals surface area contributed by atoms with Gasteiger partial charge in [0.2, 0.25) is 0 Å². The van der Waals surface area contributed by atoms with Gasteiger partial charge in [0.25, 0.3) is 0 Å². The first-order chi connectivity index (χ1) is 9.86. The third-order valence-electron chi connectivity index (χ3n) is 3.77. The highest BCUT2D eigenvalue weighted by Crippen LogP contribution is 2.25. The molecule has 0 heterocycles. The Morgan fingerprint density at radius 1 is 1.19 bits per heavy atom. The molecule has 0 amide bonds. The molecule has 1 rings (SSSR count). The largest absolute Gasteiger partial charge is 0.206 e. The molecule has 21 heavy (non-hydrogen) atoms. The van der Waals surface area contributed by atoms with Gasteiger partial charge < -0.3 is 0 Å². The summed E-state index contributed by atoms with van der Waals surface area (Å²) in [6.07, 6.45) is 8.10. The number of unbranched alkanes of at least 4 members (excludes halogenated alkanes) is 1. The molecular weight excluding hydrogens is 259 g/mol. The van der Waals surface area contributed by atoms with Crippen molar-refractivity contribution in [1.82, 2.24) is 0 Å².